The van der Waals surface area contributed by atoms with E-state index in [1.54, 1.807) is 4.90 Å². The third-order valence-corrected chi connectivity index (χ3v) is 3.89. The molecule has 3 heterocycles. The number of amides is 1. The molecule has 1 saturated heterocycles. The quantitative estimate of drug-likeness (QED) is 0.820. The van der Waals surface area contributed by atoms with Crippen molar-refractivity contribution in [2.45, 2.75) is 25.8 Å². The van der Waals surface area contributed by atoms with Crippen LogP contribution in [0.1, 0.15) is 40.8 Å². The fourth-order valence-electron chi connectivity index (χ4n) is 2.95. The maximum absolute atomic E-state index is 12.6. The monoisotopic (exact) mass is 303 g/mol. The predicted molar refractivity (Wildman–Crippen MR) is 78.6 cm³/mol. The van der Waals surface area contributed by atoms with Gasteiger partial charge in [0.15, 0.2) is 0 Å². The Morgan fingerprint density at radius 1 is 1.41 bits per heavy atom. The van der Waals surface area contributed by atoms with Crippen molar-refractivity contribution in [2.24, 2.45) is 7.05 Å². The summed E-state index contributed by atoms with van der Waals surface area (Å²) in [5.41, 5.74) is -0.467. The molecule has 0 aromatic carbocycles. The van der Waals surface area contributed by atoms with Gasteiger partial charge in [0, 0.05) is 26.0 Å². The van der Waals surface area contributed by atoms with Crippen molar-refractivity contribution < 1.29 is 4.79 Å². The third kappa shape index (κ3) is 2.36. The van der Waals surface area contributed by atoms with Crippen molar-refractivity contribution >= 4 is 5.91 Å². The number of aryl methyl sites for hydroxylation is 2. The van der Waals surface area contributed by atoms with Gasteiger partial charge in [-0.05, 0) is 19.8 Å². The van der Waals surface area contributed by atoms with Crippen LogP contribution in [-0.4, -0.2) is 36.9 Å². The minimum absolute atomic E-state index is 0.0579. The Balaban J connectivity index is 1.96. The van der Waals surface area contributed by atoms with Crippen LogP contribution in [0.4, 0.5) is 0 Å². The number of carbonyl (C=O) groups excluding carboxylic acids is 1. The molecule has 8 heteroatoms. The van der Waals surface area contributed by atoms with E-state index in [1.807, 2.05) is 24.7 Å². The molecule has 1 aliphatic rings. The Bertz CT molecular complexity index is 831. The normalized spacial score (nSPS) is 17.9. The minimum Gasteiger partial charge on any atom is -0.336 e. The molecule has 1 aliphatic heterocycles. The zero-order chi connectivity index (χ0) is 15.9. The number of hydrogen-bond donors (Lipinski definition) is 2. The van der Waals surface area contributed by atoms with Gasteiger partial charge in [0.05, 0.1) is 11.7 Å². The molecule has 22 heavy (non-hydrogen) atoms. The molecule has 2 aromatic heterocycles. The van der Waals surface area contributed by atoms with E-state index in [0.717, 1.165) is 24.4 Å². The maximum Gasteiger partial charge on any atom is 0.325 e. The summed E-state index contributed by atoms with van der Waals surface area (Å²) in [5.74, 6) is 0.421. The van der Waals surface area contributed by atoms with E-state index in [-0.39, 0.29) is 17.5 Å². The van der Waals surface area contributed by atoms with Crippen LogP contribution in [-0.2, 0) is 7.05 Å². The van der Waals surface area contributed by atoms with E-state index in [2.05, 4.69) is 15.0 Å². The van der Waals surface area contributed by atoms with Gasteiger partial charge in [0.2, 0.25) is 0 Å². The predicted octanol–water partition coefficient (Wildman–Crippen LogP) is 0.0824. The number of hydrogen-bond acceptors (Lipinski definition) is 4. The number of H-pyrrole nitrogens is 2. The summed E-state index contributed by atoms with van der Waals surface area (Å²) in [6.07, 6.45) is 4.73. The van der Waals surface area contributed by atoms with Crippen LogP contribution in [0.3, 0.4) is 0 Å². The number of nitrogens with zero attached hydrogens (tertiary/aromatic N) is 3. The highest BCUT2D eigenvalue weighted by Gasteiger charge is 2.34. The van der Waals surface area contributed by atoms with Crippen molar-refractivity contribution in [2.75, 3.05) is 6.54 Å². The number of imidazole rings is 1. The van der Waals surface area contributed by atoms with Gasteiger partial charge < -0.3 is 14.5 Å². The van der Waals surface area contributed by atoms with Crippen molar-refractivity contribution in [3.63, 3.8) is 0 Å². The molecule has 3 rings (SSSR count). The van der Waals surface area contributed by atoms with E-state index >= 15 is 0 Å². The number of aromatic nitrogens is 4. The van der Waals surface area contributed by atoms with Gasteiger partial charge in [-0.25, -0.2) is 9.78 Å². The van der Waals surface area contributed by atoms with Crippen LogP contribution in [0.2, 0.25) is 0 Å². The van der Waals surface area contributed by atoms with Crippen LogP contribution < -0.4 is 11.2 Å². The second kappa shape index (κ2) is 5.28. The second-order valence-electron chi connectivity index (χ2n) is 5.49. The minimum atomic E-state index is -0.671. The molecule has 2 N–H and O–H groups in total. The average molecular weight is 303 g/mol. The van der Waals surface area contributed by atoms with E-state index in [4.69, 9.17) is 0 Å². The molecule has 2 aromatic rings. The van der Waals surface area contributed by atoms with Crippen molar-refractivity contribution in [3.05, 3.63) is 50.3 Å². The fourth-order valence-corrected chi connectivity index (χ4v) is 2.95. The summed E-state index contributed by atoms with van der Waals surface area (Å²) in [6, 6.07) is -0.155. The van der Waals surface area contributed by atoms with Gasteiger partial charge in [-0.15, -0.1) is 0 Å². The summed E-state index contributed by atoms with van der Waals surface area (Å²) in [5, 5.41) is 0. The number of likely N-dealkylation sites (tertiary alicyclic amines) is 1. The molecule has 1 atom stereocenters. The van der Waals surface area contributed by atoms with Crippen molar-refractivity contribution in [1.82, 2.24) is 24.4 Å². The topological polar surface area (TPSA) is 104 Å². The molecule has 8 nitrogen and oxygen atoms in total. The average Bonchev–Trinajstić information content (AvgIpc) is 3.04. The number of carbonyl (C=O) groups is 1. The lowest BCUT2D eigenvalue weighted by atomic mass is 10.2. The van der Waals surface area contributed by atoms with E-state index in [9.17, 15) is 14.4 Å². The van der Waals surface area contributed by atoms with Crippen LogP contribution in [0, 0.1) is 6.92 Å². The second-order valence-corrected chi connectivity index (χ2v) is 5.49. The number of nitrogens with one attached hydrogen (secondary N) is 2. The molecule has 0 radical (unpaired) electrons. The molecule has 1 unspecified atom stereocenters. The SMILES string of the molecule is Cc1cn(C)c(C2CCCN2C(=O)c2c[nH]c(=O)[nH]c2=O)n1. The molecule has 0 spiro atoms. The van der Waals surface area contributed by atoms with Crippen LogP contribution >= 0.6 is 0 Å². The lowest BCUT2D eigenvalue weighted by Gasteiger charge is -2.24. The summed E-state index contributed by atoms with van der Waals surface area (Å²) in [4.78, 5) is 46.0. The Morgan fingerprint density at radius 3 is 2.82 bits per heavy atom. The lowest BCUT2D eigenvalue weighted by molar-refractivity contribution is 0.0725. The van der Waals surface area contributed by atoms with Gasteiger partial charge >= 0.3 is 5.69 Å². The molecule has 116 valence electrons. The van der Waals surface area contributed by atoms with E-state index < -0.39 is 11.2 Å². The highest BCUT2D eigenvalue weighted by molar-refractivity contribution is 5.93. The third-order valence-electron chi connectivity index (χ3n) is 3.89. The Labute approximate surface area is 125 Å². The molecule has 1 amide bonds. The standard InChI is InChI=1S/C14H17N5O3/c1-8-7-18(2)11(16-8)10-4-3-5-19(10)13(21)9-6-15-14(22)17-12(9)20/h6-7,10H,3-5H2,1-2H3,(H2,15,17,20,22). The zero-order valence-electron chi connectivity index (χ0n) is 12.4. The molecule has 1 fully saturated rings. The smallest absolute Gasteiger partial charge is 0.325 e. The molecule has 0 bridgehead atoms. The summed E-state index contributed by atoms with van der Waals surface area (Å²) >= 11 is 0. The summed E-state index contributed by atoms with van der Waals surface area (Å²) in [6.45, 7) is 2.46. The van der Waals surface area contributed by atoms with Crippen molar-refractivity contribution in [3.8, 4) is 0 Å². The van der Waals surface area contributed by atoms with E-state index in [1.165, 1.54) is 6.20 Å². The lowest BCUT2D eigenvalue weighted by Crippen LogP contribution is -2.37. The molecule has 0 saturated carbocycles. The van der Waals surface area contributed by atoms with Gasteiger partial charge in [-0.1, -0.05) is 0 Å². The van der Waals surface area contributed by atoms with Gasteiger partial charge in [0.25, 0.3) is 11.5 Å². The van der Waals surface area contributed by atoms with Crippen LogP contribution in [0.25, 0.3) is 0 Å². The summed E-state index contributed by atoms with van der Waals surface area (Å²) < 4.78 is 1.91. The Kier molecular flexibility index (Phi) is 3.44. The first kappa shape index (κ1) is 14.3. The summed E-state index contributed by atoms with van der Waals surface area (Å²) in [7, 11) is 1.89. The maximum atomic E-state index is 12.6. The Hall–Kier alpha value is -2.64. The highest BCUT2D eigenvalue weighted by Crippen LogP contribution is 2.31. The first-order valence-electron chi connectivity index (χ1n) is 7.10. The van der Waals surface area contributed by atoms with Gasteiger partial charge in [-0.2, -0.15) is 0 Å². The van der Waals surface area contributed by atoms with Crippen molar-refractivity contribution in [1.29, 1.82) is 0 Å². The molecule has 0 aliphatic carbocycles. The van der Waals surface area contributed by atoms with Crippen LogP contribution in [0.5, 0.6) is 0 Å². The molecular formula is C14H17N5O3. The van der Waals surface area contributed by atoms with Gasteiger partial charge in [-0.3, -0.25) is 14.6 Å². The van der Waals surface area contributed by atoms with E-state index in [0.29, 0.717) is 6.54 Å². The zero-order valence-corrected chi connectivity index (χ0v) is 12.4. The fraction of sp³-hybridized carbons (Fsp3) is 0.429. The highest BCUT2D eigenvalue weighted by atomic mass is 16.2. The molecular weight excluding hydrogens is 286 g/mol. The first-order chi connectivity index (χ1) is 10.5. The van der Waals surface area contributed by atoms with Gasteiger partial charge in [0.1, 0.15) is 11.4 Å². The van der Waals surface area contributed by atoms with Crippen LogP contribution in [0.15, 0.2) is 22.0 Å². The number of rotatable bonds is 2. The Morgan fingerprint density at radius 2 is 2.18 bits per heavy atom. The largest absolute Gasteiger partial charge is 0.336 e. The number of aromatic amines is 2. The first-order valence-corrected chi connectivity index (χ1v) is 7.10.